The molecule has 0 aliphatic rings. The van der Waals surface area contributed by atoms with E-state index in [1.807, 2.05) is 37.5 Å². The van der Waals surface area contributed by atoms with E-state index < -0.39 is 0 Å². The number of pyridine rings is 1. The maximum atomic E-state index is 6.03. The first kappa shape index (κ1) is 18.9. The Hall–Kier alpha value is -4.06. The summed E-state index contributed by atoms with van der Waals surface area (Å²) in [6.07, 6.45) is 5.29. The van der Waals surface area contributed by atoms with Crippen molar-refractivity contribution in [1.82, 2.24) is 25.0 Å². The first-order valence-electron chi connectivity index (χ1n) is 10.1. The molecule has 0 fully saturated rings. The Labute approximate surface area is 180 Å². The van der Waals surface area contributed by atoms with Crippen LogP contribution in [0.2, 0.25) is 0 Å². The fourth-order valence-electron chi connectivity index (χ4n) is 3.65. The van der Waals surface area contributed by atoms with Gasteiger partial charge in [-0.05, 0) is 36.2 Å². The summed E-state index contributed by atoms with van der Waals surface area (Å²) >= 11 is 0. The molecule has 0 bridgehead atoms. The van der Waals surface area contributed by atoms with E-state index in [-0.39, 0.29) is 0 Å². The summed E-state index contributed by atoms with van der Waals surface area (Å²) in [4.78, 5) is 4.86. The Morgan fingerprint density at radius 1 is 0.935 bits per heavy atom. The van der Waals surface area contributed by atoms with Crippen LogP contribution in [0.4, 0.5) is 0 Å². The highest BCUT2D eigenvalue weighted by molar-refractivity contribution is 5.83. The Bertz CT molecular complexity index is 1340. The first-order valence-corrected chi connectivity index (χ1v) is 10.1. The minimum Gasteiger partial charge on any atom is -0.471 e. The van der Waals surface area contributed by atoms with E-state index in [1.54, 1.807) is 17.1 Å². The Kier molecular flexibility index (Phi) is 4.88. The summed E-state index contributed by atoms with van der Waals surface area (Å²) in [5, 5.41) is 13.4. The van der Waals surface area contributed by atoms with Gasteiger partial charge in [0.05, 0.1) is 29.2 Å². The molecule has 152 valence electrons. The first-order chi connectivity index (χ1) is 15.2. The number of aryl methyl sites for hydroxylation is 2. The van der Waals surface area contributed by atoms with Crippen molar-refractivity contribution in [1.29, 1.82) is 0 Å². The minimum absolute atomic E-state index is 0.424. The Morgan fingerprint density at radius 3 is 2.58 bits per heavy atom. The van der Waals surface area contributed by atoms with Crippen molar-refractivity contribution < 1.29 is 4.74 Å². The van der Waals surface area contributed by atoms with E-state index in [0.717, 1.165) is 44.4 Å². The van der Waals surface area contributed by atoms with Gasteiger partial charge in [-0.25, -0.2) is 4.98 Å². The summed E-state index contributed by atoms with van der Waals surface area (Å²) in [6, 6.07) is 20.6. The van der Waals surface area contributed by atoms with Crippen LogP contribution >= 0.6 is 0 Å². The van der Waals surface area contributed by atoms with Gasteiger partial charge in [-0.15, -0.1) is 5.10 Å². The van der Waals surface area contributed by atoms with Gasteiger partial charge in [0.15, 0.2) is 0 Å². The molecule has 6 nitrogen and oxygen atoms in total. The highest BCUT2D eigenvalue weighted by Crippen LogP contribution is 2.29. The van der Waals surface area contributed by atoms with Gasteiger partial charge in [-0.3, -0.25) is 4.68 Å². The van der Waals surface area contributed by atoms with E-state index in [2.05, 4.69) is 58.6 Å². The largest absolute Gasteiger partial charge is 0.471 e. The number of benzene rings is 2. The molecule has 5 aromatic rings. The van der Waals surface area contributed by atoms with Crippen LogP contribution in [0.1, 0.15) is 11.1 Å². The van der Waals surface area contributed by atoms with E-state index in [0.29, 0.717) is 12.5 Å². The standard InChI is InChI=1S/C25H21N5O/c1-17-13-20-5-3-4-6-23(20)28-24(17)19-9-7-18(8-10-19)16-31-25-22(15-30(2)29-25)21-11-12-26-27-14-21/h3-15H,16H2,1-2H3. The van der Waals surface area contributed by atoms with E-state index in [4.69, 9.17) is 9.72 Å². The topological polar surface area (TPSA) is 65.7 Å². The molecule has 6 heteroatoms. The van der Waals surface area contributed by atoms with Gasteiger partial charge in [0.1, 0.15) is 6.61 Å². The van der Waals surface area contributed by atoms with E-state index >= 15 is 0 Å². The van der Waals surface area contributed by atoms with Crippen molar-refractivity contribution in [2.45, 2.75) is 13.5 Å². The van der Waals surface area contributed by atoms with Crippen LogP contribution in [-0.4, -0.2) is 25.0 Å². The van der Waals surface area contributed by atoms with Gasteiger partial charge < -0.3 is 4.74 Å². The monoisotopic (exact) mass is 407 g/mol. The lowest BCUT2D eigenvalue weighted by Crippen LogP contribution is -1.98. The normalized spacial score (nSPS) is 11.0. The lowest BCUT2D eigenvalue weighted by molar-refractivity contribution is 0.292. The van der Waals surface area contributed by atoms with Crippen LogP contribution in [0, 0.1) is 6.92 Å². The van der Waals surface area contributed by atoms with Crippen molar-refractivity contribution in [3.63, 3.8) is 0 Å². The molecule has 0 amide bonds. The van der Waals surface area contributed by atoms with E-state index in [1.165, 1.54) is 0 Å². The van der Waals surface area contributed by atoms with Crippen molar-refractivity contribution in [3.8, 4) is 28.3 Å². The maximum Gasteiger partial charge on any atom is 0.241 e. The fourth-order valence-corrected chi connectivity index (χ4v) is 3.65. The molecule has 2 aromatic carbocycles. The van der Waals surface area contributed by atoms with Gasteiger partial charge >= 0.3 is 0 Å². The predicted molar refractivity (Wildman–Crippen MR) is 120 cm³/mol. The Balaban J connectivity index is 1.36. The number of hydrogen-bond donors (Lipinski definition) is 0. The zero-order valence-corrected chi connectivity index (χ0v) is 17.4. The summed E-state index contributed by atoms with van der Waals surface area (Å²) in [5.41, 5.74) is 7.13. The molecular formula is C25H21N5O. The molecule has 0 aliphatic heterocycles. The van der Waals surface area contributed by atoms with Crippen molar-refractivity contribution in [3.05, 3.63) is 90.4 Å². The lowest BCUT2D eigenvalue weighted by Gasteiger charge is -2.09. The highest BCUT2D eigenvalue weighted by Gasteiger charge is 2.12. The van der Waals surface area contributed by atoms with Crippen molar-refractivity contribution in [2.24, 2.45) is 7.05 Å². The fraction of sp³-hybridized carbons (Fsp3) is 0.120. The second kappa shape index (κ2) is 7.99. The van der Waals surface area contributed by atoms with Crippen LogP contribution in [0.15, 0.2) is 79.3 Å². The average Bonchev–Trinajstić information content (AvgIpc) is 3.19. The third-order valence-corrected chi connectivity index (χ3v) is 5.21. The molecule has 3 aromatic heterocycles. The summed E-state index contributed by atoms with van der Waals surface area (Å²) in [7, 11) is 1.87. The highest BCUT2D eigenvalue weighted by atomic mass is 16.5. The third kappa shape index (κ3) is 3.88. The number of rotatable bonds is 5. The van der Waals surface area contributed by atoms with Gasteiger partial charge in [-0.1, -0.05) is 42.5 Å². The molecule has 0 saturated carbocycles. The second-order valence-corrected chi connectivity index (χ2v) is 7.48. The van der Waals surface area contributed by atoms with Gasteiger partial charge in [0.25, 0.3) is 0 Å². The molecule has 0 N–H and O–H groups in total. The number of hydrogen-bond acceptors (Lipinski definition) is 5. The average molecular weight is 407 g/mol. The molecule has 0 aliphatic carbocycles. The second-order valence-electron chi connectivity index (χ2n) is 7.48. The van der Waals surface area contributed by atoms with Crippen LogP contribution in [0.25, 0.3) is 33.3 Å². The molecule has 0 atom stereocenters. The molecule has 0 saturated heterocycles. The maximum absolute atomic E-state index is 6.03. The molecule has 5 rings (SSSR count). The molecular weight excluding hydrogens is 386 g/mol. The molecule has 31 heavy (non-hydrogen) atoms. The molecule has 3 heterocycles. The number of ether oxygens (including phenoxy) is 1. The number of aromatic nitrogens is 5. The van der Waals surface area contributed by atoms with Crippen LogP contribution < -0.4 is 4.74 Å². The number of fused-ring (bicyclic) bond motifs is 1. The van der Waals surface area contributed by atoms with E-state index in [9.17, 15) is 0 Å². The smallest absolute Gasteiger partial charge is 0.241 e. The van der Waals surface area contributed by atoms with Crippen molar-refractivity contribution in [2.75, 3.05) is 0 Å². The van der Waals surface area contributed by atoms with Gasteiger partial charge in [0, 0.05) is 29.8 Å². The van der Waals surface area contributed by atoms with Crippen LogP contribution in [0.3, 0.4) is 0 Å². The van der Waals surface area contributed by atoms with Crippen molar-refractivity contribution >= 4 is 10.9 Å². The number of para-hydroxylation sites is 1. The van der Waals surface area contributed by atoms with Gasteiger partial charge in [-0.2, -0.15) is 10.2 Å². The molecule has 0 unspecified atom stereocenters. The van der Waals surface area contributed by atoms with Crippen LogP contribution in [0.5, 0.6) is 5.88 Å². The molecule has 0 radical (unpaired) electrons. The third-order valence-electron chi connectivity index (χ3n) is 5.21. The predicted octanol–water partition coefficient (Wildman–Crippen LogP) is 4.98. The SMILES string of the molecule is Cc1cc2ccccc2nc1-c1ccc(COc2nn(C)cc2-c2ccnnc2)cc1. The minimum atomic E-state index is 0.424. The quantitative estimate of drug-likeness (QED) is 0.411. The summed E-state index contributed by atoms with van der Waals surface area (Å²) < 4.78 is 7.77. The summed E-state index contributed by atoms with van der Waals surface area (Å²) in [5.74, 6) is 0.576. The lowest BCUT2D eigenvalue weighted by atomic mass is 10.0. The molecule has 0 spiro atoms. The summed E-state index contributed by atoms with van der Waals surface area (Å²) in [6.45, 7) is 2.52. The Morgan fingerprint density at radius 2 is 1.77 bits per heavy atom. The van der Waals surface area contributed by atoms with Crippen LogP contribution in [-0.2, 0) is 13.7 Å². The number of nitrogens with zero attached hydrogens (tertiary/aromatic N) is 5. The van der Waals surface area contributed by atoms with Gasteiger partial charge in [0.2, 0.25) is 5.88 Å². The zero-order chi connectivity index (χ0) is 21.2. The zero-order valence-electron chi connectivity index (χ0n) is 17.4.